The van der Waals surface area contributed by atoms with Crippen molar-refractivity contribution in [1.82, 2.24) is 0 Å². The van der Waals surface area contributed by atoms with Crippen LogP contribution in [0.15, 0.2) is 78.8 Å². The van der Waals surface area contributed by atoms with E-state index in [0.29, 0.717) is 11.3 Å². The fourth-order valence-corrected chi connectivity index (χ4v) is 5.07. The predicted molar refractivity (Wildman–Crippen MR) is 153 cm³/mol. The van der Waals surface area contributed by atoms with Crippen molar-refractivity contribution in [3.05, 3.63) is 54.1 Å². The van der Waals surface area contributed by atoms with Crippen LogP contribution < -0.4 is 14.2 Å². The van der Waals surface area contributed by atoms with Gasteiger partial charge in [0.15, 0.2) is 17.2 Å². The van der Waals surface area contributed by atoms with Gasteiger partial charge in [0, 0.05) is 24.3 Å². The number of rotatable bonds is 9. The first kappa shape index (κ1) is 31.1. The molecule has 17 heteroatoms. The Kier molecular flexibility index (Phi) is 8.54. The topological polar surface area (TPSA) is 226 Å². The van der Waals surface area contributed by atoms with Gasteiger partial charge in [0.05, 0.1) is 47.9 Å². The molecule has 4 aromatic carbocycles. The van der Waals surface area contributed by atoms with Crippen molar-refractivity contribution >= 4 is 53.8 Å². The standard InChI is InChI=1S/C26H24N4O11S2/c1-13-5-19(22(39-2)12-18(13)27-30-26-23(40-3)8-15(31)9-24(26)41-4)28-29-20-10-16(42(33,34)35)6-14-7-17(43(36,37)38)11-21(32)25(14)20/h5-12,31-32H,1-4H3,(H,33,34,35)(H,36,37,38). The van der Waals surface area contributed by atoms with Gasteiger partial charge in [-0.15, -0.1) is 20.5 Å². The van der Waals surface area contributed by atoms with Gasteiger partial charge in [-0.05, 0) is 42.1 Å². The number of phenolic OH excluding ortho intramolecular Hbond substituents is 2. The van der Waals surface area contributed by atoms with Gasteiger partial charge in [-0.3, -0.25) is 9.11 Å². The van der Waals surface area contributed by atoms with Gasteiger partial charge in [0.25, 0.3) is 20.2 Å². The van der Waals surface area contributed by atoms with Crippen LogP contribution in [0.5, 0.6) is 28.7 Å². The molecule has 43 heavy (non-hydrogen) atoms. The third-order valence-corrected chi connectivity index (χ3v) is 7.70. The molecule has 0 aromatic heterocycles. The lowest BCUT2D eigenvalue weighted by Gasteiger charge is -2.11. The van der Waals surface area contributed by atoms with Crippen LogP contribution in [0.1, 0.15) is 5.56 Å². The van der Waals surface area contributed by atoms with Crippen LogP contribution >= 0.6 is 0 Å². The average molecular weight is 633 g/mol. The molecule has 4 rings (SSSR count). The summed E-state index contributed by atoms with van der Waals surface area (Å²) in [5.41, 5.74) is 1.01. The Balaban J connectivity index is 1.82. The van der Waals surface area contributed by atoms with E-state index in [-0.39, 0.29) is 50.8 Å². The van der Waals surface area contributed by atoms with Crippen LogP contribution in [0.2, 0.25) is 0 Å². The van der Waals surface area contributed by atoms with Gasteiger partial charge in [0.1, 0.15) is 22.9 Å². The summed E-state index contributed by atoms with van der Waals surface area (Å²) in [6.45, 7) is 1.69. The molecular formula is C26H24N4O11S2. The van der Waals surface area contributed by atoms with Gasteiger partial charge in [0.2, 0.25) is 0 Å². The molecule has 0 amide bonds. The minimum atomic E-state index is -4.80. The highest BCUT2D eigenvalue weighted by molar-refractivity contribution is 7.86. The zero-order valence-electron chi connectivity index (χ0n) is 22.9. The summed E-state index contributed by atoms with van der Waals surface area (Å²) in [5.74, 6) is -0.160. The van der Waals surface area contributed by atoms with E-state index in [1.807, 2.05) is 0 Å². The summed E-state index contributed by atoms with van der Waals surface area (Å²) in [5, 5.41) is 36.7. The first-order valence-electron chi connectivity index (χ1n) is 11.9. The van der Waals surface area contributed by atoms with Crippen molar-refractivity contribution in [1.29, 1.82) is 0 Å². The van der Waals surface area contributed by atoms with Crippen LogP contribution in [0.25, 0.3) is 10.8 Å². The molecule has 0 aliphatic heterocycles. The molecule has 0 radical (unpaired) electrons. The minimum absolute atomic E-state index is 0.0951. The van der Waals surface area contributed by atoms with E-state index in [1.165, 1.54) is 45.6 Å². The SMILES string of the molecule is COc1cc(N=Nc2c(OC)cc(O)cc2OC)c(C)cc1N=Nc1cc(S(=O)(=O)O)cc2cc(S(=O)(=O)O)cc(O)c12. The molecule has 0 bridgehead atoms. The maximum absolute atomic E-state index is 11.9. The highest BCUT2D eigenvalue weighted by atomic mass is 32.2. The molecule has 226 valence electrons. The van der Waals surface area contributed by atoms with Crippen molar-refractivity contribution in [3.63, 3.8) is 0 Å². The number of azo groups is 2. The Bertz CT molecular complexity index is 2000. The zero-order chi connectivity index (χ0) is 31.7. The monoisotopic (exact) mass is 632 g/mol. The van der Waals surface area contributed by atoms with Crippen molar-refractivity contribution < 1.29 is 50.4 Å². The fourth-order valence-electron chi connectivity index (χ4n) is 3.99. The van der Waals surface area contributed by atoms with E-state index in [2.05, 4.69) is 20.5 Å². The molecule has 15 nitrogen and oxygen atoms in total. The van der Waals surface area contributed by atoms with E-state index >= 15 is 0 Å². The molecule has 4 N–H and O–H groups in total. The number of ether oxygens (including phenoxy) is 3. The smallest absolute Gasteiger partial charge is 0.294 e. The second kappa shape index (κ2) is 11.8. The summed E-state index contributed by atoms with van der Waals surface area (Å²) in [6.07, 6.45) is 0. The van der Waals surface area contributed by atoms with Crippen molar-refractivity contribution in [2.24, 2.45) is 20.5 Å². The highest BCUT2D eigenvalue weighted by Crippen LogP contribution is 2.44. The molecule has 0 saturated heterocycles. The number of benzene rings is 4. The largest absolute Gasteiger partial charge is 0.508 e. The second-order valence-electron chi connectivity index (χ2n) is 8.84. The minimum Gasteiger partial charge on any atom is -0.508 e. The Morgan fingerprint density at radius 1 is 0.605 bits per heavy atom. The lowest BCUT2D eigenvalue weighted by Crippen LogP contribution is -2.00. The first-order chi connectivity index (χ1) is 20.2. The van der Waals surface area contributed by atoms with E-state index in [4.69, 9.17) is 14.2 Å². The zero-order valence-corrected chi connectivity index (χ0v) is 24.5. The predicted octanol–water partition coefficient (Wildman–Crippen LogP) is 5.91. The van der Waals surface area contributed by atoms with Crippen LogP contribution in [-0.4, -0.2) is 57.5 Å². The third-order valence-electron chi connectivity index (χ3n) is 6.04. The Hall–Kier alpha value is -4.84. The number of phenols is 2. The van der Waals surface area contributed by atoms with E-state index in [1.54, 1.807) is 6.92 Å². The summed E-state index contributed by atoms with van der Waals surface area (Å²) >= 11 is 0. The van der Waals surface area contributed by atoms with Gasteiger partial charge in [-0.2, -0.15) is 16.8 Å². The number of methoxy groups -OCH3 is 3. The number of hydrogen-bond donors (Lipinski definition) is 4. The summed E-state index contributed by atoms with van der Waals surface area (Å²) < 4.78 is 82.0. The highest BCUT2D eigenvalue weighted by Gasteiger charge is 2.20. The number of hydrogen-bond acceptors (Lipinski definition) is 13. The van der Waals surface area contributed by atoms with Gasteiger partial charge in [-0.1, -0.05) is 0 Å². The molecule has 0 unspecified atom stereocenters. The van der Waals surface area contributed by atoms with Crippen molar-refractivity contribution in [2.45, 2.75) is 16.7 Å². The normalized spacial score (nSPS) is 12.3. The Morgan fingerprint density at radius 3 is 1.65 bits per heavy atom. The van der Waals surface area contributed by atoms with Gasteiger partial charge < -0.3 is 24.4 Å². The van der Waals surface area contributed by atoms with Gasteiger partial charge >= 0.3 is 0 Å². The van der Waals surface area contributed by atoms with Gasteiger partial charge in [-0.25, -0.2) is 0 Å². The molecule has 0 atom stereocenters. The maximum atomic E-state index is 11.9. The Morgan fingerprint density at radius 2 is 1.12 bits per heavy atom. The quantitative estimate of drug-likeness (QED) is 0.125. The number of fused-ring (bicyclic) bond motifs is 1. The number of aromatic hydroxyl groups is 2. The summed E-state index contributed by atoms with van der Waals surface area (Å²) in [6, 6.07) is 9.20. The second-order valence-corrected chi connectivity index (χ2v) is 11.7. The summed E-state index contributed by atoms with van der Waals surface area (Å²) in [4.78, 5) is -1.38. The average Bonchev–Trinajstić information content (AvgIpc) is 2.93. The fraction of sp³-hybridized carbons (Fsp3) is 0.154. The molecule has 0 heterocycles. The Labute approximate surface area is 245 Å². The lowest BCUT2D eigenvalue weighted by atomic mass is 10.1. The number of nitrogens with zero attached hydrogens (tertiary/aromatic N) is 4. The lowest BCUT2D eigenvalue weighted by molar-refractivity contribution is 0.387. The van der Waals surface area contributed by atoms with Crippen molar-refractivity contribution in [3.8, 4) is 28.7 Å². The van der Waals surface area contributed by atoms with E-state index in [0.717, 1.165) is 24.3 Å². The molecule has 0 aliphatic carbocycles. The maximum Gasteiger partial charge on any atom is 0.294 e. The van der Waals surface area contributed by atoms with Crippen LogP contribution in [-0.2, 0) is 20.2 Å². The van der Waals surface area contributed by atoms with Crippen LogP contribution in [0, 0.1) is 6.92 Å². The van der Waals surface area contributed by atoms with Crippen LogP contribution in [0.4, 0.5) is 22.7 Å². The molecule has 0 spiro atoms. The third kappa shape index (κ3) is 6.64. The molecular weight excluding hydrogens is 608 g/mol. The van der Waals surface area contributed by atoms with Crippen LogP contribution in [0.3, 0.4) is 0 Å². The molecule has 0 saturated carbocycles. The number of aryl methyl sites for hydroxylation is 1. The van der Waals surface area contributed by atoms with Crippen molar-refractivity contribution in [2.75, 3.05) is 21.3 Å². The summed E-state index contributed by atoms with van der Waals surface area (Å²) in [7, 11) is -5.43. The molecule has 0 aliphatic rings. The molecule has 0 fully saturated rings. The first-order valence-corrected chi connectivity index (χ1v) is 14.8. The van der Waals surface area contributed by atoms with E-state index in [9.17, 15) is 36.2 Å². The molecule has 4 aromatic rings. The van der Waals surface area contributed by atoms with E-state index < -0.39 is 35.8 Å².